The monoisotopic (exact) mass is 778 g/mol. The molecule has 0 unspecified atom stereocenters. The highest BCUT2D eigenvalue weighted by molar-refractivity contribution is 5.87. The van der Waals surface area contributed by atoms with E-state index in [4.69, 9.17) is 24.2 Å². The van der Waals surface area contributed by atoms with Crippen molar-refractivity contribution >= 4 is 35.0 Å². The molecular weight excluding hydrogens is 729 g/mol. The number of methoxy groups -OCH3 is 2. The van der Waals surface area contributed by atoms with Crippen molar-refractivity contribution in [2.24, 2.45) is 11.8 Å². The van der Waals surface area contributed by atoms with Gasteiger partial charge in [-0.1, -0.05) is 37.8 Å². The van der Waals surface area contributed by atoms with Crippen LogP contribution in [0.15, 0.2) is 48.7 Å². The van der Waals surface area contributed by atoms with Gasteiger partial charge < -0.3 is 44.6 Å². The third-order valence-electron chi connectivity index (χ3n) is 11.2. The number of ether oxygens (including phenoxy) is 3. The van der Waals surface area contributed by atoms with Gasteiger partial charge in [-0.3, -0.25) is 9.59 Å². The molecule has 15 heteroatoms. The number of carbonyl (C=O) groups is 4. The Kier molecular flexibility index (Phi) is 12.1. The molecule has 15 nitrogen and oxygen atoms in total. The summed E-state index contributed by atoms with van der Waals surface area (Å²) < 4.78 is 15.1. The summed E-state index contributed by atoms with van der Waals surface area (Å²) >= 11 is 0. The summed E-state index contributed by atoms with van der Waals surface area (Å²) in [5.74, 6) is 7.52. The van der Waals surface area contributed by atoms with Gasteiger partial charge in [-0.15, -0.1) is 0 Å². The molecule has 4 atom stereocenters. The van der Waals surface area contributed by atoms with Gasteiger partial charge in [0.25, 0.3) is 0 Å². The highest BCUT2D eigenvalue weighted by Gasteiger charge is 2.40. The molecule has 4 N–H and O–H groups in total. The first-order chi connectivity index (χ1) is 27.6. The molecular formula is C42H50N8O7. The Morgan fingerprint density at radius 2 is 1.44 bits per heavy atom. The van der Waals surface area contributed by atoms with Crippen molar-refractivity contribution in [3.63, 3.8) is 0 Å². The van der Waals surface area contributed by atoms with Crippen molar-refractivity contribution in [3.05, 3.63) is 71.4 Å². The van der Waals surface area contributed by atoms with Crippen LogP contribution in [0.4, 0.5) is 9.59 Å². The van der Waals surface area contributed by atoms with Gasteiger partial charge in [0.1, 0.15) is 23.7 Å². The third kappa shape index (κ3) is 8.76. The Labute approximate surface area is 331 Å². The first-order valence-corrected chi connectivity index (χ1v) is 19.7. The van der Waals surface area contributed by atoms with Crippen molar-refractivity contribution in [2.75, 3.05) is 40.5 Å². The van der Waals surface area contributed by atoms with Crippen molar-refractivity contribution in [1.29, 1.82) is 0 Å². The van der Waals surface area contributed by atoms with E-state index in [0.717, 1.165) is 59.1 Å². The highest BCUT2D eigenvalue weighted by Crippen LogP contribution is 2.35. The van der Waals surface area contributed by atoms with E-state index in [-0.39, 0.29) is 35.7 Å². The van der Waals surface area contributed by atoms with Crippen LogP contribution in [-0.4, -0.2) is 106 Å². The molecule has 0 saturated carbocycles. The second kappa shape index (κ2) is 17.5. The predicted molar refractivity (Wildman–Crippen MR) is 211 cm³/mol. The van der Waals surface area contributed by atoms with Crippen molar-refractivity contribution in [2.45, 2.75) is 76.5 Å². The molecule has 0 radical (unpaired) electrons. The maximum atomic E-state index is 13.9. The lowest BCUT2D eigenvalue weighted by Crippen LogP contribution is -2.53. The lowest BCUT2D eigenvalue weighted by molar-refractivity contribution is -0.137. The van der Waals surface area contributed by atoms with Gasteiger partial charge >= 0.3 is 12.2 Å². The second-order valence-corrected chi connectivity index (χ2v) is 15.2. The maximum Gasteiger partial charge on any atom is 0.407 e. The molecule has 4 amide bonds. The van der Waals surface area contributed by atoms with E-state index in [9.17, 15) is 19.2 Å². The quantitative estimate of drug-likeness (QED) is 0.166. The normalized spacial score (nSPS) is 19.5. The number of hydrogen-bond acceptors (Lipinski definition) is 9. The number of nitrogens with zero attached hydrogens (tertiary/aromatic N) is 4. The van der Waals surface area contributed by atoms with Gasteiger partial charge in [-0.25, -0.2) is 19.6 Å². The summed E-state index contributed by atoms with van der Waals surface area (Å²) in [4.78, 5) is 71.7. The number of rotatable bonds is 9. The predicted octanol–water partition coefficient (Wildman–Crippen LogP) is 5.21. The van der Waals surface area contributed by atoms with Gasteiger partial charge in [-0.2, -0.15) is 0 Å². The number of benzene rings is 2. The van der Waals surface area contributed by atoms with Gasteiger partial charge in [0, 0.05) is 37.4 Å². The topological polar surface area (TPSA) is 184 Å². The number of hydrogen-bond donors (Lipinski definition) is 4. The zero-order valence-electron chi connectivity index (χ0n) is 32.8. The lowest BCUT2D eigenvalue weighted by Gasteiger charge is -2.34. The van der Waals surface area contributed by atoms with E-state index in [1.165, 1.54) is 14.2 Å². The number of likely N-dealkylation sites (tertiary alicyclic amines) is 2. The Hall–Kier alpha value is -5.88. The van der Waals surface area contributed by atoms with E-state index in [1.54, 1.807) is 11.1 Å². The minimum atomic E-state index is -0.699. The Morgan fingerprint density at radius 1 is 0.807 bits per heavy atom. The minimum absolute atomic E-state index is 0.0314. The Balaban J connectivity index is 1.01. The molecule has 0 bridgehead atoms. The van der Waals surface area contributed by atoms with Crippen LogP contribution in [0.5, 0.6) is 0 Å². The number of fused-ring (bicyclic) bond motifs is 1. The van der Waals surface area contributed by atoms with Crippen LogP contribution in [-0.2, 0) is 23.8 Å². The molecule has 3 aliphatic rings. The summed E-state index contributed by atoms with van der Waals surface area (Å²) in [5, 5.41) is 5.49. The number of imidazole rings is 2. The first-order valence-electron chi connectivity index (χ1n) is 19.7. The average Bonchev–Trinajstić information content (AvgIpc) is 4.07. The number of aromatic nitrogens is 4. The van der Waals surface area contributed by atoms with Crippen molar-refractivity contribution in [1.82, 2.24) is 40.4 Å². The van der Waals surface area contributed by atoms with Crippen LogP contribution in [0.25, 0.3) is 22.3 Å². The molecule has 5 heterocycles. The number of alkyl carbamates (subject to hydrolysis) is 2. The molecule has 57 heavy (non-hydrogen) atoms. The fraction of sp³-hybridized carbons (Fsp3) is 0.476. The summed E-state index contributed by atoms with van der Waals surface area (Å²) in [5.41, 5.74) is 5.05. The fourth-order valence-electron chi connectivity index (χ4n) is 8.10. The molecule has 3 saturated heterocycles. The number of amides is 4. The standard InChI is InChI=1S/C42H50N8O7/c1-25(2)35(47-41(53)55-3)39(51)50-20-6-8-34(50)38-44-30-16-13-27(23-31(30)45-38)10-9-26-11-14-28(15-12-26)32-24-43-37(46-32)33-7-5-19-49(33)40(52)36(48-42(54)56-4)29-17-21-57-22-18-29/h11-16,23-25,29,33-36H,5-8,17-22H2,1-4H3,(H,43,46)(H,44,45)(H,47,53)(H,48,54)/t33-,34-,35-,36-/m0/s1. The third-order valence-corrected chi connectivity index (χ3v) is 11.2. The van der Waals surface area contributed by atoms with Crippen LogP contribution in [0, 0.1) is 23.7 Å². The van der Waals surface area contributed by atoms with Gasteiger partial charge in [0.2, 0.25) is 11.8 Å². The van der Waals surface area contributed by atoms with E-state index in [0.29, 0.717) is 50.8 Å². The molecule has 2 aromatic carbocycles. The molecule has 0 spiro atoms. The zero-order chi connectivity index (χ0) is 40.1. The maximum absolute atomic E-state index is 13.9. The summed E-state index contributed by atoms with van der Waals surface area (Å²) in [7, 11) is 2.59. The fourth-order valence-corrected chi connectivity index (χ4v) is 8.10. The number of H-pyrrole nitrogens is 2. The average molecular weight is 779 g/mol. The van der Waals surface area contributed by atoms with Crippen LogP contribution >= 0.6 is 0 Å². The number of aromatic amines is 2. The smallest absolute Gasteiger partial charge is 0.407 e. The largest absolute Gasteiger partial charge is 0.453 e. The number of carbonyl (C=O) groups excluding carboxylic acids is 4. The van der Waals surface area contributed by atoms with E-state index in [1.807, 2.05) is 61.2 Å². The Bertz CT molecular complexity index is 2150. The first kappa shape index (κ1) is 39.4. The molecule has 3 fully saturated rings. The van der Waals surface area contributed by atoms with E-state index >= 15 is 0 Å². The summed E-state index contributed by atoms with van der Waals surface area (Å²) in [6.07, 6.45) is 5.12. The molecule has 3 aliphatic heterocycles. The molecule has 2 aromatic heterocycles. The molecule has 300 valence electrons. The SMILES string of the molecule is COC(=O)N[C@H](C(=O)N1CCC[C@H]1c1nc2ccc(C#Cc3ccc(-c4cnc([C@@H]5CCCN5C(=O)[C@@H](NC(=O)OC)C5CCOCC5)[nH]4)cc3)cc2[nH]1)C(C)C. The van der Waals surface area contributed by atoms with Crippen LogP contribution < -0.4 is 10.6 Å². The molecule has 0 aliphatic carbocycles. The van der Waals surface area contributed by atoms with Gasteiger partial charge in [0.15, 0.2) is 0 Å². The summed E-state index contributed by atoms with van der Waals surface area (Å²) in [6.45, 7) is 6.07. The van der Waals surface area contributed by atoms with E-state index < -0.39 is 24.3 Å². The van der Waals surface area contributed by atoms with Crippen molar-refractivity contribution in [3.8, 4) is 23.1 Å². The number of nitrogens with one attached hydrogen (secondary N) is 4. The van der Waals surface area contributed by atoms with Gasteiger partial charge in [-0.05, 0) is 86.3 Å². The van der Waals surface area contributed by atoms with Crippen molar-refractivity contribution < 1.29 is 33.4 Å². The second-order valence-electron chi connectivity index (χ2n) is 15.2. The van der Waals surface area contributed by atoms with Crippen LogP contribution in [0.3, 0.4) is 0 Å². The van der Waals surface area contributed by atoms with E-state index in [2.05, 4.69) is 32.4 Å². The van der Waals surface area contributed by atoms with Crippen LogP contribution in [0.2, 0.25) is 0 Å². The molecule has 4 aromatic rings. The highest BCUT2D eigenvalue weighted by atomic mass is 16.5. The summed E-state index contributed by atoms with van der Waals surface area (Å²) in [6, 6.07) is 11.9. The van der Waals surface area contributed by atoms with Gasteiger partial charge in [0.05, 0.1) is 49.2 Å². The minimum Gasteiger partial charge on any atom is -0.453 e. The molecule has 7 rings (SSSR count). The Morgan fingerprint density at radius 3 is 2.12 bits per heavy atom. The van der Waals surface area contributed by atoms with Crippen LogP contribution in [0.1, 0.15) is 87.2 Å². The zero-order valence-corrected chi connectivity index (χ0v) is 32.8. The lowest BCUT2D eigenvalue weighted by atomic mass is 9.90.